The van der Waals surface area contributed by atoms with Crippen molar-refractivity contribution in [3.63, 3.8) is 0 Å². The number of rotatable bonds is 3. The van der Waals surface area contributed by atoms with Crippen molar-refractivity contribution in [1.82, 2.24) is 19.9 Å². The van der Waals surface area contributed by atoms with Gasteiger partial charge < -0.3 is 0 Å². The maximum absolute atomic E-state index is 4.91. The van der Waals surface area contributed by atoms with E-state index in [1.807, 2.05) is 24.4 Å². The first-order chi connectivity index (χ1) is 15.7. The second kappa shape index (κ2) is 7.81. The first-order valence-electron chi connectivity index (χ1n) is 11.2. The van der Waals surface area contributed by atoms with E-state index in [0.717, 1.165) is 48.5 Å². The van der Waals surface area contributed by atoms with Crippen molar-refractivity contribution in [2.24, 2.45) is 0 Å². The SMILES string of the molecule is Cc1ccc2nc3ccccc3c(CN3CCc4nc(-c5ccccc5)ncc4C3)c2c1. The highest BCUT2D eigenvalue weighted by Crippen LogP contribution is 2.30. The van der Waals surface area contributed by atoms with Crippen LogP contribution in [0.5, 0.6) is 0 Å². The number of aryl methyl sites for hydroxylation is 1. The number of para-hydroxylation sites is 1. The summed E-state index contributed by atoms with van der Waals surface area (Å²) in [4.78, 5) is 17.0. The topological polar surface area (TPSA) is 41.9 Å². The van der Waals surface area contributed by atoms with Gasteiger partial charge in [0.1, 0.15) is 0 Å². The van der Waals surface area contributed by atoms with E-state index in [1.165, 1.54) is 33.2 Å². The molecule has 3 heterocycles. The molecule has 0 bridgehead atoms. The van der Waals surface area contributed by atoms with E-state index in [4.69, 9.17) is 9.97 Å². The van der Waals surface area contributed by atoms with Crippen molar-refractivity contribution in [2.75, 3.05) is 6.54 Å². The van der Waals surface area contributed by atoms with Gasteiger partial charge in [0.25, 0.3) is 0 Å². The fourth-order valence-electron chi connectivity index (χ4n) is 4.72. The largest absolute Gasteiger partial charge is 0.294 e. The molecule has 32 heavy (non-hydrogen) atoms. The molecule has 0 amide bonds. The summed E-state index contributed by atoms with van der Waals surface area (Å²) in [5.74, 6) is 0.819. The van der Waals surface area contributed by atoms with Gasteiger partial charge in [0.2, 0.25) is 0 Å². The van der Waals surface area contributed by atoms with Gasteiger partial charge >= 0.3 is 0 Å². The second-order valence-corrected chi connectivity index (χ2v) is 8.62. The van der Waals surface area contributed by atoms with E-state index in [9.17, 15) is 0 Å². The minimum absolute atomic E-state index is 0.819. The Morgan fingerprint density at radius 1 is 0.844 bits per heavy atom. The number of aromatic nitrogens is 3. The van der Waals surface area contributed by atoms with Gasteiger partial charge in [0.05, 0.1) is 16.7 Å². The summed E-state index contributed by atoms with van der Waals surface area (Å²) in [7, 11) is 0. The number of benzene rings is 3. The van der Waals surface area contributed by atoms with E-state index >= 15 is 0 Å². The molecule has 0 unspecified atom stereocenters. The minimum Gasteiger partial charge on any atom is -0.294 e. The van der Waals surface area contributed by atoms with Crippen molar-refractivity contribution in [3.05, 3.63) is 101 Å². The molecular formula is C28H24N4. The van der Waals surface area contributed by atoms with Crippen LogP contribution >= 0.6 is 0 Å². The maximum atomic E-state index is 4.91. The molecule has 0 spiro atoms. The molecule has 156 valence electrons. The van der Waals surface area contributed by atoms with Crippen LogP contribution < -0.4 is 0 Å². The molecule has 5 aromatic rings. The van der Waals surface area contributed by atoms with Crippen LogP contribution in [0.3, 0.4) is 0 Å². The fourth-order valence-corrected chi connectivity index (χ4v) is 4.72. The third-order valence-corrected chi connectivity index (χ3v) is 6.37. The smallest absolute Gasteiger partial charge is 0.159 e. The first-order valence-corrected chi connectivity index (χ1v) is 11.2. The lowest BCUT2D eigenvalue weighted by Crippen LogP contribution is -2.31. The van der Waals surface area contributed by atoms with Crippen molar-refractivity contribution in [2.45, 2.75) is 26.4 Å². The number of nitrogens with zero attached hydrogens (tertiary/aromatic N) is 4. The molecule has 0 N–H and O–H groups in total. The highest BCUT2D eigenvalue weighted by molar-refractivity contribution is 5.97. The molecule has 4 heteroatoms. The average Bonchev–Trinajstić information content (AvgIpc) is 2.84. The Morgan fingerprint density at radius 3 is 2.56 bits per heavy atom. The van der Waals surface area contributed by atoms with Crippen LogP contribution in [-0.4, -0.2) is 26.4 Å². The van der Waals surface area contributed by atoms with E-state index in [-0.39, 0.29) is 0 Å². The first kappa shape index (κ1) is 19.1. The van der Waals surface area contributed by atoms with Gasteiger partial charge in [0, 0.05) is 54.2 Å². The Balaban J connectivity index is 1.35. The number of hydrogen-bond acceptors (Lipinski definition) is 4. The Kier molecular flexibility index (Phi) is 4.66. The fraction of sp³-hybridized carbons (Fsp3) is 0.179. The Labute approximate surface area is 187 Å². The summed E-state index contributed by atoms with van der Waals surface area (Å²) in [6.45, 7) is 4.90. The van der Waals surface area contributed by atoms with E-state index in [0.29, 0.717) is 0 Å². The molecular weight excluding hydrogens is 392 g/mol. The standard InChI is InChI=1S/C28H24N4/c1-19-11-12-27-23(15-19)24(22-9-5-6-10-26(22)30-27)18-32-14-13-25-21(17-32)16-29-28(31-25)20-7-3-2-4-8-20/h2-12,15-16H,13-14,17-18H2,1H3. The van der Waals surface area contributed by atoms with Gasteiger partial charge in [0.15, 0.2) is 5.82 Å². The van der Waals surface area contributed by atoms with E-state index in [2.05, 4.69) is 71.4 Å². The van der Waals surface area contributed by atoms with Gasteiger partial charge in [-0.3, -0.25) is 4.90 Å². The van der Waals surface area contributed by atoms with Crippen molar-refractivity contribution < 1.29 is 0 Å². The molecule has 2 aromatic heterocycles. The quantitative estimate of drug-likeness (QED) is 0.353. The molecule has 6 rings (SSSR count). The zero-order valence-electron chi connectivity index (χ0n) is 18.1. The number of fused-ring (bicyclic) bond motifs is 3. The lowest BCUT2D eigenvalue weighted by Gasteiger charge is -2.29. The van der Waals surface area contributed by atoms with Gasteiger partial charge in [-0.15, -0.1) is 0 Å². The Hall–Kier alpha value is -3.63. The molecule has 1 aliphatic heterocycles. The van der Waals surface area contributed by atoms with Crippen LogP contribution in [0.2, 0.25) is 0 Å². The van der Waals surface area contributed by atoms with Gasteiger partial charge in [-0.05, 0) is 30.7 Å². The predicted octanol–water partition coefficient (Wildman–Crippen LogP) is 5.71. The third kappa shape index (κ3) is 3.43. The summed E-state index contributed by atoms with van der Waals surface area (Å²) in [5, 5.41) is 2.50. The van der Waals surface area contributed by atoms with E-state index < -0.39 is 0 Å². The van der Waals surface area contributed by atoms with Crippen LogP contribution in [0.15, 0.2) is 79.0 Å². The highest BCUT2D eigenvalue weighted by atomic mass is 15.1. The molecule has 4 nitrogen and oxygen atoms in total. The van der Waals surface area contributed by atoms with Crippen LogP contribution in [0.1, 0.15) is 22.4 Å². The molecule has 0 fully saturated rings. The summed E-state index contributed by atoms with van der Waals surface area (Å²) in [6.07, 6.45) is 2.96. The average molecular weight is 417 g/mol. The molecule has 3 aromatic carbocycles. The highest BCUT2D eigenvalue weighted by Gasteiger charge is 2.21. The zero-order chi connectivity index (χ0) is 21.5. The summed E-state index contributed by atoms with van der Waals surface area (Å²) in [5.41, 5.74) is 8.24. The van der Waals surface area contributed by atoms with Gasteiger partial charge in [-0.1, -0.05) is 60.2 Å². The monoisotopic (exact) mass is 416 g/mol. The minimum atomic E-state index is 0.819. The lowest BCUT2D eigenvalue weighted by molar-refractivity contribution is 0.244. The summed E-state index contributed by atoms with van der Waals surface area (Å²) < 4.78 is 0. The predicted molar refractivity (Wildman–Crippen MR) is 129 cm³/mol. The van der Waals surface area contributed by atoms with Crippen LogP contribution in [0, 0.1) is 6.92 Å². The van der Waals surface area contributed by atoms with Gasteiger partial charge in [-0.2, -0.15) is 0 Å². The van der Waals surface area contributed by atoms with Crippen LogP contribution in [0.25, 0.3) is 33.2 Å². The Bertz CT molecular complexity index is 1440. The van der Waals surface area contributed by atoms with Crippen LogP contribution in [-0.2, 0) is 19.5 Å². The number of hydrogen-bond donors (Lipinski definition) is 0. The molecule has 0 saturated carbocycles. The molecule has 0 saturated heterocycles. The molecule has 0 radical (unpaired) electrons. The molecule has 0 atom stereocenters. The van der Waals surface area contributed by atoms with Crippen molar-refractivity contribution in [3.8, 4) is 11.4 Å². The summed E-state index contributed by atoms with van der Waals surface area (Å²) >= 11 is 0. The van der Waals surface area contributed by atoms with Crippen molar-refractivity contribution >= 4 is 21.8 Å². The van der Waals surface area contributed by atoms with Crippen LogP contribution in [0.4, 0.5) is 0 Å². The normalized spacial score (nSPS) is 14.0. The third-order valence-electron chi connectivity index (χ3n) is 6.37. The number of pyridine rings is 1. The van der Waals surface area contributed by atoms with Gasteiger partial charge in [-0.25, -0.2) is 15.0 Å². The summed E-state index contributed by atoms with van der Waals surface area (Å²) in [6, 6.07) is 25.3. The lowest BCUT2D eigenvalue weighted by atomic mass is 9.99. The molecule has 0 aliphatic carbocycles. The maximum Gasteiger partial charge on any atom is 0.159 e. The second-order valence-electron chi connectivity index (χ2n) is 8.62. The zero-order valence-corrected chi connectivity index (χ0v) is 18.1. The van der Waals surface area contributed by atoms with Crippen molar-refractivity contribution in [1.29, 1.82) is 0 Å². The van der Waals surface area contributed by atoms with E-state index in [1.54, 1.807) is 0 Å². The molecule has 1 aliphatic rings. The Morgan fingerprint density at radius 2 is 1.66 bits per heavy atom.